The number of aromatic nitrogens is 2. The van der Waals surface area contributed by atoms with Crippen LogP contribution in [0.1, 0.15) is 56.1 Å². The van der Waals surface area contributed by atoms with E-state index in [0.29, 0.717) is 23.2 Å². The monoisotopic (exact) mass is 377 g/mol. The average molecular weight is 377 g/mol. The van der Waals surface area contributed by atoms with Crippen molar-refractivity contribution < 1.29 is 4.79 Å². The fourth-order valence-corrected chi connectivity index (χ4v) is 3.31. The van der Waals surface area contributed by atoms with E-state index < -0.39 is 0 Å². The maximum Gasteiger partial charge on any atom is 0.276 e. The Morgan fingerprint density at radius 2 is 1.68 bits per heavy atom. The number of nitrogens with one attached hydrogen (secondary N) is 1. The summed E-state index contributed by atoms with van der Waals surface area (Å²) in [5.41, 5.74) is 1.99. The molecule has 146 valence electrons. The summed E-state index contributed by atoms with van der Waals surface area (Å²) >= 11 is 0. The number of fused-ring (bicyclic) bond motifs is 1. The van der Waals surface area contributed by atoms with Gasteiger partial charge in [-0.1, -0.05) is 64.1 Å². The van der Waals surface area contributed by atoms with Crippen LogP contribution in [-0.4, -0.2) is 15.7 Å². The summed E-state index contributed by atoms with van der Waals surface area (Å²) in [6.07, 6.45) is 0.979. The van der Waals surface area contributed by atoms with Gasteiger partial charge in [-0.3, -0.25) is 9.59 Å². The lowest BCUT2D eigenvalue weighted by atomic mass is 9.97. The van der Waals surface area contributed by atoms with Crippen LogP contribution in [-0.2, 0) is 6.54 Å². The van der Waals surface area contributed by atoms with Crippen LogP contribution in [0.3, 0.4) is 0 Å². The van der Waals surface area contributed by atoms with Gasteiger partial charge in [-0.25, -0.2) is 4.68 Å². The number of hydrogen-bond donors (Lipinski definition) is 1. The molecule has 0 saturated heterocycles. The lowest BCUT2D eigenvalue weighted by Crippen LogP contribution is -2.29. The highest BCUT2D eigenvalue weighted by atomic mass is 16.2. The van der Waals surface area contributed by atoms with Crippen molar-refractivity contribution in [2.75, 3.05) is 5.32 Å². The molecule has 0 aliphatic carbocycles. The average Bonchev–Trinajstić information content (AvgIpc) is 2.69. The Morgan fingerprint density at radius 1 is 1.04 bits per heavy atom. The highest BCUT2D eigenvalue weighted by molar-refractivity contribution is 6.11. The number of amides is 1. The summed E-state index contributed by atoms with van der Waals surface area (Å²) in [5.74, 6) is 0.272. The molecule has 1 aromatic heterocycles. The van der Waals surface area contributed by atoms with Gasteiger partial charge >= 0.3 is 0 Å². The van der Waals surface area contributed by atoms with Crippen molar-refractivity contribution in [1.29, 1.82) is 0 Å². The molecule has 0 aliphatic heterocycles. The van der Waals surface area contributed by atoms with Crippen molar-refractivity contribution in [3.8, 4) is 0 Å². The molecule has 1 heterocycles. The van der Waals surface area contributed by atoms with Crippen molar-refractivity contribution in [3.63, 3.8) is 0 Å². The minimum absolute atomic E-state index is 0.166. The number of carbonyl (C=O) groups is 1. The number of hydrogen-bond acceptors (Lipinski definition) is 3. The fourth-order valence-electron chi connectivity index (χ4n) is 3.31. The van der Waals surface area contributed by atoms with Crippen LogP contribution in [0.2, 0.25) is 0 Å². The molecular formula is C23H27N3O2. The largest absolute Gasteiger partial charge is 0.320 e. The van der Waals surface area contributed by atoms with Gasteiger partial charge in [0, 0.05) is 17.6 Å². The Hall–Kier alpha value is -2.95. The van der Waals surface area contributed by atoms with Crippen LogP contribution in [0.25, 0.3) is 10.8 Å². The van der Waals surface area contributed by atoms with Crippen molar-refractivity contribution in [2.45, 2.75) is 46.6 Å². The van der Waals surface area contributed by atoms with Crippen LogP contribution in [0.15, 0.2) is 53.3 Å². The number of para-hydroxylation sites is 1. The molecule has 5 heteroatoms. The molecule has 0 unspecified atom stereocenters. The Kier molecular flexibility index (Phi) is 5.93. The van der Waals surface area contributed by atoms with Crippen LogP contribution in [0.5, 0.6) is 0 Å². The highest BCUT2D eigenvalue weighted by Gasteiger charge is 2.19. The Balaban J connectivity index is 2.08. The number of benzene rings is 2. The van der Waals surface area contributed by atoms with Crippen LogP contribution in [0, 0.1) is 5.92 Å². The Bertz CT molecular complexity index is 1050. The topological polar surface area (TPSA) is 64.0 Å². The smallest absolute Gasteiger partial charge is 0.276 e. The van der Waals surface area contributed by atoms with E-state index in [0.717, 1.165) is 17.7 Å². The summed E-state index contributed by atoms with van der Waals surface area (Å²) in [6.45, 7) is 8.77. The lowest BCUT2D eigenvalue weighted by molar-refractivity contribution is 0.102. The zero-order valence-electron chi connectivity index (χ0n) is 16.9. The van der Waals surface area contributed by atoms with Crippen molar-refractivity contribution in [2.24, 2.45) is 5.92 Å². The minimum Gasteiger partial charge on any atom is -0.320 e. The first-order valence-corrected chi connectivity index (χ1v) is 9.82. The molecule has 0 bridgehead atoms. The number of anilines is 1. The maximum atomic E-state index is 13.2. The summed E-state index contributed by atoms with van der Waals surface area (Å²) in [5, 5.41) is 8.53. The fraction of sp³-hybridized carbons (Fsp3) is 0.348. The van der Waals surface area contributed by atoms with Gasteiger partial charge in [-0.2, -0.15) is 5.10 Å². The summed E-state index contributed by atoms with van der Waals surface area (Å²) in [7, 11) is 0. The van der Waals surface area contributed by atoms with Gasteiger partial charge in [0.05, 0.1) is 5.39 Å². The predicted octanol–water partition coefficient (Wildman–Crippen LogP) is 4.82. The van der Waals surface area contributed by atoms with E-state index in [1.165, 1.54) is 4.68 Å². The quantitative estimate of drug-likeness (QED) is 0.670. The third-order valence-electron chi connectivity index (χ3n) is 4.97. The second kappa shape index (κ2) is 8.38. The lowest BCUT2D eigenvalue weighted by Gasteiger charge is -2.16. The van der Waals surface area contributed by atoms with E-state index in [1.54, 1.807) is 12.1 Å². The van der Waals surface area contributed by atoms with Crippen molar-refractivity contribution in [1.82, 2.24) is 9.78 Å². The molecule has 0 aliphatic rings. The van der Waals surface area contributed by atoms with Crippen molar-refractivity contribution in [3.05, 3.63) is 70.1 Å². The highest BCUT2D eigenvalue weighted by Crippen LogP contribution is 2.27. The van der Waals surface area contributed by atoms with Gasteiger partial charge in [0.15, 0.2) is 5.69 Å². The van der Waals surface area contributed by atoms with E-state index in [-0.39, 0.29) is 23.1 Å². The van der Waals surface area contributed by atoms with Crippen LogP contribution in [0.4, 0.5) is 5.69 Å². The zero-order valence-corrected chi connectivity index (χ0v) is 16.9. The van der Waals surface area contributed by atoms with E-state index in [1.807, 2.05) is 50.2 Å². The molecular weight excluding hydrogens is 350 g/mol. The van der Waals surface area contributed by atoms with E-state index in [2.05, 4.69) is 24.3 Å². The van der Waals surface area contributed by atoms with Crippen LogP contribution < -0.4 is 10.9 Å². The second-order valence-corrected chi connectivity index (χ2v) is 7.63. The normalized spacial score (nSPS) is 12.3. The second-order valence-electron chi connectivity index (χ2n) is 7.63. The first-order valence-electron chi connectivity index (χ1n) is 9.82. The first-order chi connectivity index (χ1) is 13.4. The third-order valence-corrected chi connectivity index (χ3v) is 4.97. The van der Waals surface area contributed by atoms with E-state index in [9.17, 15) is 9.59 Å². The molecule has 1 amide bonds. The van der Waals surface area contributed by atoms with E-state index in [4.69, 9.17) is 0 Å². The van der Waals surface area contributed by atoms with Crippen molar-refractivity contribution >= 4 is 22.4 Å². The number of nitrogens with zero attached hydrogens (tertiary/aromatic N) is 2. The summed E-state index contributed by atoms with van der Waals surface area (Å²) in [4.78, 5) is 25.9. The molecule has 1 N–H and O–H groups in total. The summed E-state index contributed by atoms with van der Waals surface area (Å²) in [6, 6.07) is 15.0. The van der Waals surface area contributed by atoms with Crippen LogP contribution >= 0.6 is 0 Å². The standard InChI is InChI=1S/C23H27N3O2/c1-5-16(4)17-10-8-9-13-20(17)24-22(27)21-18-11-6-7-12-19(18)23(28)26(25-21)14-15(2)3/h6-13,15-16H,5,14H2,1-4H3,(H,24,27)/t16-/m0/s1. The molecule has 5 nitrogen and oxygen atoms in total. The predicted molar refractivity (Wildman–Crippen MR) is 114 cm³/mol. The van der Waals surface area contributed by atoms with E-state index >= 15 is 0 Å². The maximum absolute atomic E-state index is 13.2. The number of carbonyl (C=O) groups excluding carboxylic acids is 1. The zero-order chi connectivity index (χ0) is 20.3. The van der Waals surface area contributed by atoms with Gasteiger partial charge in [0.25, 0.3) is 11.5 Å². The van der Waals surface area contributed by atoms with Gasteiger partial charge in [0.1, 0.15) is 0 Å². The molecule has 0 fully saturated rings. The van der Waals surface area contributed by atoms with Gasteiger partial charge in [-0.15, -0.1) is 0 Å². The minimum atomic E-state index is -0.301. The molecule has 3 rings (SSSR count). The molecule has 0 radical (unpaired) electrons. The first kappa shape index (κ1) is 19.8. The molecule has 2 aromatic carbocycles. The Morgan fingerprint density at radius 3 is 2.36 bits per heavy atom. The number of rotatable bonds is 6. The van der Waals surface area contributed by atoms with Gasteiger partial charge < -0.3 is 5.32 Å². The molecule has 3 aromatic rings. The molecule has 0 saturated carbocycles. The molecule has 28 heavy (non-hydrogen) atoms. The van der Waals surface area contributed by atoms with Gasteiger partial charge in [-0.05, 0) is 36.0 Å². The third kappa shape index (κ3) is 3.98. The van der Waals surface area contributed by atoms with Gasteiger partial charge in [0.2, 0.25) is 0 Å². The Labute approximate surface area is 165 Å². The summed E-state index contributed by atoms with van der Waals surface area (Å²) < 4.78 is 1.41. The molecule has 0 spiro atoms. The SMILES string of the molecule is CC[C@H](C)c1ccccc1NC(=O)c1nn(CC(C)C)c(=O)c2ccccc12. The molecule has 1 atom stereocenters.